The molecule has 148 valence electrons. The van der Waals surface area contributed by atoms with Gasteiger partial charge in [0.15, 0.2) is 10.9 Å². The third-order valence-electron chi connectivity index (χ3n) is 4.47. The van der Waals surface area contributed by atoms with Gasteiger partial charge in [0.05, 0.1) is 10.5 Å². The lowest BCUT2D eigenvalue weighted by atomic mass is 10.0. The fourth-order valence-corrected chi connectivity index (χ4v) is 3.73. The first-order valence-corrected chi connectivity index (χ1v) is 9.46. The summed E-state index contributed by atoms with van der Waals surface area (Å²) in [5, 5.41) is 14.7. The monoisotopic (exact) mass is 407 g/mol. The van der Waals surface area contributed by atoms with Gasteiger partial charge in [-0.15, -0.1) is 0 Å². The van der Waals surface area contributed by atoms with Gasteiger partial charge >= 0.3 is 0 Å². The molecule has 0 saturated heterocycles. The van der Waals surface area contributed by atoms with Crippen LogP contribution in [0.1, 0.15) is 36.7 Å². The van der Waals surface area contributed by atoms with E-state index in [9.17, 15) is 14.9 Å². The molecule has 0 bridgehead atoms. The van der Waals surface area contributed by atoms with Crippen LogP contribution in [0.15, 0.2) is 66.4 Å². The lowest BCUT2D eigenvalue weighted by Gasteiger charge is -2.38. The largest absolute Gasteiger partial charge is 0.354 e. The lowest BCUT2D eigenvalue weighted by Crippen LogP contribution is -2.53. The predicted molar refractivity (Wildman–Crippen MR) is 119 cm³/mol. The van der Waals surface area contributed by atoms with Gasteiger partial charge in [0.25, 0.3) is 5.69 Å². The Labute approximate surface area is 174 Å². The summed E-state index contributed by atoms with van der Waals surface area (Å²) in [6.07, 6.45) is 5.08. The van der Waals surface area contributed by atoms with Crippen LogP contribution in [0.3, 0.4) is 0 Å². The number of allylic oxidation sites excluding steroid dienone is 2. The molecule has 0 atom stereocenters. The summed E-state index contributed by atoms with van der Waals surface area (Å²) in [5.41, 5.74) is 2.78. The number of thiocarbonyl (C=S) groups is 1. The maximum absolute atomic E-state index is 12.5. The number of benzene rings is 2. The summed E-state index contributed by atoms with van der Waals surface area (Å²) in [6, 6.07) is 13.3. The molecule has 1 heterocycles. The quantitative estimate of drug-likeness (QED) is 0.251. The minimum Gasteiger partial charge on any atom is -0.354 e. The number of carbonyl (C=O) groups excluding carboxylic acids is 1. The van der Waals surface area contributed by atoms with E-state index in [1.165, 1.54) is 18.2 Å². The minimum absolute atomic E-state index is 0.0123. The van der Waals surface area contributed by atoms with Gasteiger partial charge in [-0.25, -0.2) is 0 Å². The number of nitro groups is 1. The molecule has 0 fully saturated rings. The van der Waals surface area contributed by atoms with E-state index < -0.39 is 4.92 Å². The molecule has 1 aliphatic rings. The molecule has 2 aromatic carbocycles. The number of carbonyl (C=O) groups is 1. The molecule has 0 aromatic heterocycles. The Hall–Kier alpha value is -3.32. The fourth-order valence-electron chi connectivity index (χ4n) is 3.22. The number of nitrogens with one attached hydrogen (secondary N) is 1. The highest BCUT2D eigenvalue weighted by Crippen LogP contribution is 2.26. The van der Waals surface area contributed by atoms with Gasteiger partial charge in [-0.3, -0.25) is 19.8 Å². The topological polar surface area (TPSA) is 75.5 Å². The molecule has 0 amide bonds. The Morgan fingerprint density at radius 3 is 2.52 bits per heavy atom. The second kappa shape index (κ2) is 7.97. The molecule has 0 unspecified atom stereocenters. The normalized spacial score (nSPS) is 15.8. The van der Waals surface area contributed by atoms with Crippen LogP contribution in [0.25, 0.3) is 6.08 Å². The van der Waals surface area contributed by atoms with Crippen molar-refractivity contribution in [2.45, 2.75) is 26.3 Å². The van der Waals surface area contributed by atoms with Crippen LogP contribution in [-0.4, -0.2) is 21.4 Å². The molecule has 1 aliphatic heterocycles. The van der Waals surface area contributed by atoms with Crippen LogP contribution >= 0.6 is 12.2 Å². The van der Waals surface area contributed by atoms with Crippen molar-refractivity contribution in [1.29, 1.82) is 0 Å². The van der Waals surface area contributed by atoms with Gasteiger partial charge in [0.2, 0.25) is 0 Å². The maximum Gasteiger partial charge on any atom is 0.270 e. The number of rotatable bonds is 5. The molecule has 6 nitrogen and oxygen atoms in total. The number of nitro benzene ring substituents is 1. The van der Waals surface area contributed by atoms with E-state index in [1.54, 1.807) is 30.3 Å². The zero-order valence-electron chi connectivity index (χ0n) is 16.4. The maximum atomic E-state index is 12.5. The summed E-state index contributed by atoms with van der Waals surface area (Å²) in [5.74, 6) is -0.184. The molecule has 7 heteroatoms. The highest BCUT2D eigenvalue weighted by atomic mass is 32.1. The van der Waals surface area contributed by atoms with Crippen molar-refractivity contribution in [2.75, 3.05) is 4.90 Å². The molecule has 0 radical (unpaired) electrons. The van der Waals surface area contributed by atoms with E-state index >= 15 is 0 Å². The molecule has 3 rings (SSSR count). The molecule has 29 heavy (non-hydrogen) atoms. The lowest BCUT2D eigenvalue weighted by molar-refractivity contribution is -0.384. The summed E-state index contributed by atoms with van der Waals surface area (Å²) in [7, 11) is 0. The highest BCUT2D eigenvalue weighted by molar-refractivity contribution is 7.80. The van der Waals surface area contributed by atoms with E-state index in [1.807, 2.05) is 24.0 Å². The standard InChI is InChI=1S/C22H21N3O3S/c1-15-14-22(2,3)23-21(29)24(15)18-10-8-17(9-11-18)20(26)12-7-16-5-4-6-19(13-16)25(27)28/h4-14H,1-3H3,(H,23,29)/b12-7+. The van der Waals surface area contributed by atoms with Gasteiger partial charge < -0.3 is 5.32 Å². The van der Waals surface area contributed by atoms with Crippen molar-refractivity contribution in [1.82, 2.24) is 5.32 Å². The molecular weight excluding hydrogens is 386 g/mol. The second-order valence-electron chi connectivity index (χ2n) is 7.37. The Kier molecular flexibility index (Phi) is 5.61. The van der Waals surface area contributed by atoms with Crippen molar-refractivity contribution in [3.05, 3.63) is 87.6 Å². The molecular formula is C22H21N3O3S. The Balaban J connectivity index is 1.76. The summed E-state index contributed by atoms with van der Waals surface area (Å²) in [4.78, 5) is 24.8. The molecule has 1 N–H and O–H groups in total. The van der Waals surface area contributed by atoms with Gasteiger partial charge in [-0.1, -0.05) is 18.2 Å². The summed E-state index contributed by atoms with van der Waals surface area (Å²) >= 11 is 5.49. The van der Waals surface area contributed by atoms with Crippen LogP contribution < -0.4 is 10.2 Å². The van der Waals surface area contributed by atoms with Crippen LogP contribution in [0, 0.1) is 10.1 Å². The minimum atomic E-state index is -0.463. The van der Waals surface area contributed by atoms with Crippen LogP contribution in [0.4, 0.5) is 11.4 Å². The van der Waals surface area contributed by atoms with Gasteiger partial charge in [-0.05, 0) is 75.0 Å². The van der Waals surface area contributed by atoms with E-state index in [2.05, 4.69) is 25.2 Å². The third kappa shape index (κ3) is 4.75. The summed E-state index contributed by atoms with van der Waals surface area (Å²) in [6.45, 7) is 6.10. The second-order valence-corrected chi connectivity index (χ2v) is 7.76. The molecule has 2 aromatic rings. The average molecular weight is 407 g/mol. The molecule has 0 saturated carbocycles. The van der Waals surface area contributed by atoms with E-state index in [0.717, 1.165) is 11.4 Å². The average Bonchev–Trinajstić information content (AvgIpc) is 2.65. The van der Waals surface area contributed by atoms with Gasteiger partial charge in [0.1, 0.15) is 0 Å². The first-order chi connectivity index (χ1) is 13.7. The zero-order valence-corrected chi connectivity index (χ0v) is 17.2. The van der Waals surface area contributed by atoms with Crippen LogP contribution in [0.5, 0.6) is 0 Å². The number of non-ortho nitro benzene ring substituents is 1. The SMILES string of the molecule is CC1=CC(C)(C)NC(=S)N1c1ccc(C(=O)/C=C/c2cccc([N+](=O)[O-])c2)cc1. The molecule has 0 spiro atoms. The first kappa shape index (κ1) is 20.4. The van der Waals surface area contributed by atoms with E-state index in [4.69, 9.17) is 12.2 Å². The highest BCUT2D eigenvalue weighted by Gasteiger charge is 2.27. The van der Waals surface area contributed by atoms with E-state index in [0.29, 0.717) is 16.2 Å². The van der Waals surface area contributed by atoms with Crippen LogP contribution in [0.2, 0.25) is 0 Å². The number of anilines is 1. The number of ketones is 1. The van der Waals surface area contributed by atoms with Crippen LogP contribution in [-0.2, 0) is 0 Å². The van der Waals surface area contributed by atoms with Crippen molar-refractivity contribution < 1.29 is 9.72 Å². The molecule has 0 aliphatic carbocycles. The number of nitrogens with zero attached hydrogens (tertiary/aromatic N) is 2. The number of hydrogen-bond donors (Lipinski definition) is 1. The smallest absolute Gasteiger partial charge is 0.270 e. The zero-order chi connectivity index (χ0) is 21.2. The number of hydrogen-bond acceptors (Lipinski definition) is 4. The van der Waals surface area contributed by atoms with Crippen molar-refractivity contribution in [3.8, 4) is 0 Å². The third-order valence-corrected chi connectivity index (χ3v) is 4.76. The van der Waals surface area contributed by atoms with Crippen molar-refractivity contribution in [3.63, 3.8) is 0 Å². The fraction of sp³-hybridized carbons (Fsp3) is 0.182. The Bertz CT molecular complexity index is 1040. The summed E-state index contributed by atoms with van der Waals surface area (Å²) < 4.78 is 0. The van der Waals surface area contributed by atoms with Crippen molar-refractivity contribution in [2.24, 2.45) is 0 Å². The first-order valence-electron chi connectivity index (χ1n) is 9.05. The predicted octanol–water partition coefficient (Wildman–Crippen LogP) is 4.87. The van der Waals surface area contributed by atoms with E-state index in [-0.39, 0.29) is 17.0 Å². The Morgan fingerprint density at radius 2 is 1.90 bits per heavy atom. The van der Waals surface area contributed by atoms with Gasteiger partial charge in [-0.2, -0.15) is 0 Å². The van der Waals surface area contributed by atoms with Gasteiger partial charge in [0, 0.05) is 29.1 Å². The van der Waals surface area contributed by atoms with Crippen molar-refractivity contribution >= 4 is 40.6 Å². The Morgan fingerprint density at radius 1 is 1.21 bits per heavy atom.